The zero-order chi connectivity index (χ0) is 13.4. The zero-order valence-electron chi connectivity index (χ0n) is 11.3. The van der Waals surface area contributed by atoms with Gasteiger partial charge in [-0.3, -0.25) is 0 Å². The number of hydrogen-bond donors (Lipinski definition) is 2. The van der Waals surface area contributed by atoms with Gasteiger partial charge in [0.15, 0.2) is 0 Å². The largest absolute Gasteiger partial charge is 0.478 e. The Kier molecular flexibility index (Phi) is 3.21. The quantitative estimate of drug-likeness (QED) is 0.868. The van der Waals surface area contributed by atoms with Crippen LogP contribution in [0.25, 0.3) is 0 Å². The van der Waals surface area contributed by atoms with E-state index in [9.17, 15) is 9.90 Å². The van der Waals surface area contributed by atoms with Crippen LogP contribution in [0, 0.1) is 17.8 Å². The standard InChI is InChI=1S/C16H21NO2/c1-10(14-9-11-6-7-12(14)8-11)17-15-5-3-2-4-13(15)16(18)19/h2-5,10-12,14,17H,6-9H2,1H3,(H,18,19). The lowest BCUT2D eigenvalue weighted by molar-refractivity contribution is 0.0698. The summed E-state index contributed by atoms with van der Waals surface area (Å²) in [5.74, 6) is 1.63. The molecule has 3 rings (SSSR count). The van der Waals surface area contributed by atoms with Crippen LogP contribution in [0.1, 0.15) is 43.0 Å². The minimum Gasteiger partial charge on any atom is -0.478 e. The number of para-hydroxylation sites is 1. The van der Waals surface area contributed by atoms with Crippen molar-refractivity contribution in [3.8, 4) is 0 Å². The summed E-state index contributed by atoms with van der Waals surface area (Å²) in [5, 5.41) is 12.6. The number of hydrogen-bond acceptors (Lipinski definition) is 2. The maximum Gasteiger partial charge on any atom is 0.337 e. The van der Waals surface area contributed by atoms with E-state index < -0.39 is 5.97 Å². The van der Waals surface area contributed by atoms with E-state index in [0.717, 1.165) is 17.5 Å². The van der Waals surface area contributed by atoms with Crippen LogP contribution in [0.5, 0.6) is 0 Å². The van der Waals surface area contributed by atoms with Crippen LogP contribution in [0.4, 0.5) is 5.69 Å². The molecule has 4 atom stereocenters. The van der Waals surface area contributed by atoms with Crippen molar-refractivity contribution in [3.05, 3.63) is 29.8 Å². The van der Waals surface area contributed by atoms with E-state index in [1.807, 2.05) is 12.1 Å². The Hall–Kier alpha value is -1.51. The molecule has 2 N–H and O–H groups in total. The zero-order valence-corrected chi connectivity index (χ0v) is 11.3. The maximum absolute atomic E-state index is 11.2. The van der Waals surface area contributed by atoms with Gasteiger partial charge in [-0.1, -0.05) is 18.6 Å². The summed E-state index contributed by atoms with van der Waals surface area (Å²) >= 11 is 0. The SMILES string of the molecule is CC(Nc1ccccc1C(=O)O)C1CC2CCC1C2. The molecule has 2 saturated carbocycles. The van der Waals surface area contributed by atoms with E-state index >= 15 is 0 Å². The summed E-state index contributed by atoms with van der Waals surface area (Å²) in [4.78, 5) is 11.2. The van der Waals surface area contributed by atoms with Crippen molar-refractivity contribution in [2.45, 2.75) is 38.6 Å². The second-order valence-electron chi connectivity index (χ2n) is 6.12. The van der Waals surface area contributed by atoms with Crippen molar-refractivity contribution < 1.29 is 9.90 Å². The molecule has 2 aliphatic carbocycles. The molecule has 0 aromatic heterocycles. The van der Waals surface area contributed by atoms with Crippen molar-refractivity contribution in [1.82, 2.24) is 0 Å². The highest BCUT2D eigenvalue weighted by Gasteiger charge is 2.41. The molecule has 2 aliphatic rings. The number of nitrogens with one attached hydrogen (secondary N) is 1. The molecule has 0 heterocycles. The topological polar surface area (TPSA) is 49.3 Å². The number of rotatable bonds is 4. The summed E-state index contributed by atoms with van der Waals surface area (Å²) in [5.41, 5.74) is 1.13. The van der Waals surface area contributed by atoms with E-state index in [2.05, 4.69) is 12.2 Å². The number of aromatic carboxylic acids is 1. The van der Waals surface area contributed by atoms with Crippen molar-refractivity contribution in [1.29, 1.82) is 0 Å². The van der Waals surface area contributed by atoms with Gasteiger partial charge < -0.3 is 10.4 Å². The molecule has 0 saturated heterocycles. The Bertz CT molecular complexity index is 485. The predicted octanol–water partition coefficient (Wildman–Crippen LogP) is 3.62. The molecule has 1 aromatic rings. The predicted molar refractivity (Wildman–Crippen MR) is 75.4 cm³/mol. The van der Waals surface area contributed by atoms with Gasteiger partial charge in [0.25, 0.3) is 0 Å². The average Bonchev–Trinajstić information content (AvgIpc) is 3.01. The van der Waals surface area contributed by atoms with Gasteiger partial charge >= 0.3 is 5.97 Å². The monoisotopic (exact) mass is 259 g/mol. The number of carboxylic acid groups (broad SMARTS) is 1. The molecule has 0 radical (unpaired) electrons. The first-order chi connectivity index (χ1) is 9.15. The highest BCUT2D eigenvalue weighted by atomic mass is 16.4. The Morgan fingerprint density at radius 1 is 1.32 bits per heavy atom. The van der Waals surface area contributed by atoms with Crippen LogP contribution >= 0.6 is 0 Å². The van der Waals surface area contributed by atoms with Crippen LogP contribution in [0.15, 0.2) is 24.3 Å². The maximum atomic E-state index is 11.2. The molecule has 3 nitrogen and oxygen atoms in total. The molecule has 4 unspecified atom stereocenters. The van der Waals surface area contributed by atoms with E-state index in [4.69, 9.17) is 0 Å². The van der Waals surface area contributed by atoms with Crippen LogP contribution in [0.3, 0.4) is 0 Å². The summed E-state index contributed by atoms with van der Waals surface area (Å²) < 4.78 is 0. The van der Waals surface area contributed by atoms with Crippen molar-refractivity contribution in [2.24, 2.45) is 17.8 Å². The van der Waals surface area contributed by atoms with Crippen molar-refractivity contribution in [2.75, 3.05) is 5.32 Å². The minimum atomic E-state index is -0.858. The number of carbonyl (C=O) groups is 1. The number of carboxylic acids is 1. The van der Waals surface area contributed by atoms with Gasteiger partial charge in [0, 0.05) is 11.7 Å². The van der Waals surface area contributed by atoms with Gasteiger partial charge in [0.1, 0.15) is 0 Å². The van der Waals surface area contributed by atoms with E-state index in [0.29, 0.717) is 17.5 Å². The van der Waals surface area contributed by atoms with Gasteiger partial charge in [-0.05, 0) is 56.1 Å². The molecule has 0 aliphatic heterocycles. The lowest BCUT2D eigenvalue weighted by atomic mass is 9.84. The van der Waals surface area contributed by atoms with E-state index in [-0.39, 0.29) is 0 Å². The van der Waals surface area contributed by atoms with E-state index in [1.165, 1.54) is 25.7 Å². The molecule has 19 heavy (non-hydrogen) atoms. The highest BCUT2D eigenvalue weighted by Crippen LogP contribution is 2.49. The third-order valence-corrected chi connectivity index (χ3v) is 4.98. The third kappa shape index (κ3) is 2.34. The van der Waals surface area contributed by atoms with Crippen molar-refractivity contribution in [3.63, 3.8) is 0 Å². The average molecular weight is 259 g/mol. The minimum absolute atomic E-state index is 0.357. The Balaban J connectivity index is 1.73. The Morgan fingerprint density at radius 2 is 2.11 bits per heavy atom. The molecule has 2 bridgehead atoms. The summed E-state index contributed by atoms with van der Waals surface area (Å²) in [6.45, 7) is 2.20. The molecular formula is C16H21NO2. The first kappa shape index (κ1) is 12.5. The lowest BCUT2D eigenvalue weighted by Gasteiger charge is -2.29. The molecule has 3 heteroatoms. The molecule has 2 fully saturated rings. The number of benzene rings is 1. The number of anilines is 1. The third-order valence-electron chi connectivity index (χ3n) is 4.98. The first-order valence-electron chi connectivity index (χ1n) is 7.24. The van der Waals surface area contributed by atoms with Crippen molar-refractivity contribution >= 4 is 11.7 Å². The summed E-state index contributed by atoms with van der Waals surface area (Å²) in [6.07, 6.45) is 5.47. The smallest absolute Gasteiger partial charge is 0.337 e. The van der Waals surface area contributed by atoms with Gasteiger partial charge in [-0.2, -0.15) is 0 Å². The molecule has 0 amide bonds. The van der Waals surface area contributed by atoms with Gasteiger partial charge in [-0.25, -0.2) is 4.79 Å². The normalized spacial score (nSPS) is 30.3. The Labute approximate surface area is 114 Å². The van der Waals surface area contributed by atoms with Gasteiger partial charge in [0.2, 0.25) is 0 Å². The van der Waals surface area contributed by atoms with E-state index in [1.54, 1.807) is 12.1 Å². The molecular weight excluding hydrogens is 238 g/mol. The fourth-order valence-corrected chi connectivity index (χ4v) is 4.05. The van der Waals surface area contributed by atoms with Crippen LogP contribution in [-0.4, -0.2) is 17.1 Å². The fraction of sp³-hybridized carbons (Fsp3) is 0.562. The van der Waals surface area contributed by atoms with Crippen LogP contribution < -0.4 is 5.32 Å². The molecule has 102 valence electrons. The summed E-state index contributed by atoms with van der Waals surface area (Å²) in [7, 11) is 0. The summed E-state index contributed by atoms with van der Waals surface area (Å²) in [6, 6.07) is 7.56. The van der Waals surface area contributed by atoms with Gasteiger partial charge in [-0.15, -0.1) is 0 Å². The second kappa shape index (κ2) is 4.87. The fourth-order valence-electron chi connectivity index (χ4n) is 4.05. The van der Waals surface area contributed by atoms with Gasteiger partial charge in [0.05, 0.1) is 5.56 Å². The van der Waals surface area contributed by atoms with Crippen LogP contribution in [0.2, 0.25) is 0 Å². The second-order valence-corrected chi connectivity index (χ2v) is 6.12. The lowest BCUT2D eigenvalue weighted by Crippen LogP contribution is -2.30. The molecule has 1 aromatic carbocycles. The molecule has 0 spiro atoms. The Morgan fingerprint density at radius 3 is 2.74 bits per heavy atom. The highest BCUT2D eigenvalue weighted by molar-refractivity contribution is 5.94. The first-order valence-corrected chi connectivity index (χ1v) is 7.24. The van der Waals surface area contributed by atoms with Crippen LogP contribution in [-0.2, 0) is 0 Å². The number of fused-ring (bicyclic) bond motifs is 2.